The van der Waals surface area contributed by atoms with E-state index in [-0.39, 0.29) is 5.92 Å². The number of piperidine rings is 1. The molecule has 6 nitrogen and oxygen atoms in total. The van der Waals surface area contributed by atoms with Crippen LogP contribution in [-0.2, 0) is 4.79 Å². The number of piperazine rings is 1. The Morgan fingerprint density at radius 2 is 1.56 bits per heavy atom. The molecule has 1 aromatic rings. The molecule has 2 aliphatic heterocycles. The molecule has 3 fully saturated rings. The van der Waals surface area contributed by atoms with Gasteiger partial charge in [0, 0.05) is 57.1 Å². The first-order valence-electron chi connectivity index (χ1n) is 13.0. The van der Waals surface area contributed by atoms with Gasteiger partial charge in [0.15, 0.2) is 0 Å². The molecule has 6 heteroatoms. The van der Waals surface area contributed by atoms with E-state index in [1.54, 1.807) is 0 Å². The third kappa shape index (κ3) is 5.11. The Morgan fingerprint density at radius 1 is 0.969 bits per heavy atom. The Labute approximate surface area is 194 Å². The minimum Gasteiger partial charge on any atom is -0.366 e. The molecule has 1 spiro atoms. The monoisotopic (exact) mass is 441 g/mol. The molecule has 178 valence electrons. The standard InChI is InChI=1S/C26H43N5O/c1-5-21(4)24-27-18-23(19-28-24)30-16-14-29(15-17-30)22-6-8-26(9-7-22)10-12-31(13-11-26)25(32)20(2)3/h18-22H,5-17H2,1-4H3. The summed E-state index contributed by atoms with van der Waals surface area (Å²) in [5.74, 6) is 1.86. The van der Waals surface area contributed by atoms with Crippen LogP contribution in [0.3, 0.4) is 0 Å². The summed E-state index contributed by atoms with van der Waals surface area (Å²) in [5, 5.41) is 0. The number of carbonyl (C=O) groups excluding carboxylic acids is 1. The molecule has 0 N–H and O–H groups in total. The second kappa shape index (κ2) is 10.1. The molecule has 0 bridgehead atoms. The number of hydrogen-bond acceptors (Lipinski definition) is 5. The van der Waals surface area contributed by atoms with Gasteiger partial charge in [-0.15, -0.1) is 0 Å². The number of amides is 1. The third-order valence-corrected chi connectivity index (χ3v) is 8.55. The maximum atomic E-state index is 12.3. The lowest BCUT2D eigenvalue weighted by atomic mass is 9.66. The molecule has 2 saturated heterocycles. The molecule has 1 aromatic heterocycles. The van der Waals surface area contributed by atoms with Gasteiger partial charge in [0.05, 0.1) is 18.1 Å². The Kier molecular flexibility index (Phi) is 7.38. The number of hydrogen-bond donors (Lipinski definition) is 0. The molecule has 32 heavy (non-hydrogen) atoms. The predicted octanol–water partition coefficient (Wildman–Crippen LogP) is 4.32. The van der Waals surface area contributed by atoms with Crippen molar-refractivity contribution in [2.24, 2.45) is 11.3 Å². The van der Waals surface area contributed by atoms with Crippen LogP contribution < -0.4 is 4.90 Å². The Balaban J connectivity index is 1.23. The average Bonchev–Trinajstić information content (AvgIpc) is 2.84. The van der Waals surface area contributed by atoms with Crippen LogP contribution >= 0.6 is 0 Å². The van der Waals surface area contributed by atoms with E-state index >= 15 is 0 Å². The molecule has 3 heterocycles. The Bertz CT molecular complexity index is 738. The van der Waals surface area contributed by atoms with Gasteiger partial charge in [-0.1, -0.05) is 27.7 Å². The number of carbonyl (C=O) groups is 1. The summed E-state index contributed by atoms with van der Waals surface area (Å²) in [6.45, 7) is 14.8. The molecule has 1 atom stereocenters. The molecule has 1 saturated carbocycles. The zero-order chi connectivity index (χ0) is 22.7. The minimum absolute atomic E-state index is 0.128. The van der Waals surface area contributed by atoms with E-state index in [1.807, 2.05) is 26.2 Å². The highest BCUT2D eigenvalue weighted by atomic mass is 16.2. The fraction of sp³-hybridized carbons (Fsp3) is 0.808. The molecule has 1 unspecified atom stereocenters. The highest BCUT2D eigenvalue weighted by molar-refractivity contribution is 5.78. The van der Waals surface area contributed by atoms with Gasteiger partial charge in [0.25, 0.3) is 0 Å². The van der Waals surface area contributed by atoms with Gasteiger partial charge in [0.2, 0.25) is 5.91 Å². The largest absolute Gasteiger partial charge is 0.366 e. The highest BCUT2D eigenvalue weighted by Gasteiger charge is 2.40. The number of aromatic nitrogens is 2. The summed E-state index contributed by atoms with van der Waals surface area (Å²) in [6, 6.07) is 0.738. The molecular formula is C26H43N5O. The topological polar surface area (TPSA) is 52.6 Å². The van der Waals surface area contributed by atoms with Crippen LogP contribution in [-0.4, -0.2) is 71.0 Å². The highest BCUT2D eigenvalue weighted by Crippen LogP contribution is 2.45. The van der Waals surface area contributed by atoms with Crippen LogP contribution in [0, 0.1) is 11.3 Å². The zero-order valence-electron chi connectivity index (χ0n) is 20.7. The van der Waals surface area contributed by atoms with Crippen molar-refractivity contribution in [1.82, 2.24) is 19.8 Å². The van der Waals surface area contributed by atoms with E-state index in [4.69, 9.17) is 0 Å². The van der Waals surface area contributed by atoms with Crippen LogP contribution in [0.4, 0.5) is 5.69 Å². The Hall–Kier alpha value is -1.69. The lowest BCUT2D eigenvalue weighted by molar-refractivity contribution is -0.137. The summed E-state index contributed by atoms with van der Waals surface area (Å²) in [4.78, 5) is 28.8. The SMILES string of the molecule is CCC(C)c1ncc(N2CCN(C3CCC4(CC3)CCN(C(=O)C(C)C)CC4)CC2)cn1. The average molecular weight is 442 g/mol. The van der Waals surface area contributed by atoms with Gasteiger partial charge in [-0.2, -0.15) is 0 Å². The van der Waals surface area contributed by atoms with Crippen molar-refractivity contribution < 1.29 is 4.79 Å². The van der Waals surface area contributed by atoms with Gasteiger partial charge in [-0.25, -0.2) is 9.97 Å². The van der Waals surface area contributed by atoms with Crippen molar-refractivity contribution in [3.8, 4) is 0 Å². The second-order valence-corrected chi connectivity index (χ2v) is 10.8. The van der Waals surface area contributed by atoms with Gasteiger partial charge in [0.1, 0.15) is 5.82 Å². The van der Waals surface area contributed by atoms with Crippen LogP contribution in [0.5, 0.6) is 0 Å². The van der Waals surface area contributed by atoms with E-state index in [2.05, 4.69) is 38.5 Å². The molecular weight excluding hydrogens is 398 g/mol. The maximum absolute atomic E-state index is 12.3. The molecule has 1 aliphatic carbocycles. The van der Waals surface area contributed by atoms with Crippen molar-refractivity contribution in [2.45, 2.75) is 84.6 Å². The van der Waals surface area contributed by atoms with Crippen LogP contribution in [0.15, 0.2) is 12.4 Å². The normalized spacial score (nSPS) is 23.7. The van der Waals surface area contributed by atoms with E-state index in [9.17, 15) is 4.79 Å². The lowest BCUT2D eigenvalue weighted by Gasteiger charge is -2.49. The molecule has 3 aliphatic rings. The quantitative estimate of drug-likeness (QED) is 0.681. The van der Waals surface area contributed by atoms with Gasteiger partial charge >= 0.3 is 0 Å². The maximum Gasteiger partial charge on any atom is 0.225 e. The van der Waals surface area contributed by atoms with E-state index in [0.717, 1.165) is 57.6 Å². The second-order valence-electron chi connectivity index (χ2n) is 10.8. The van der Waals surface area contributed by atoms with Crippen molar-refractivity contribution in [3.63, 3.8) is 0 Å². The first-order chi connectivity index (χ1) is 15.4. The van der Waals surface area contributed by atoms with Crippen molar-refractivity contribution in [1.29, 1.82) is 0 Å². The van der Waals surface area contributed by atoms with Crippen LogP contribution in [0.2, 0.25) is 0 Å². The van der Waals surface area contributed by atoms with Crippen molar-refractivity contribution >= 4 is 11.6 Å². The number of likely N-dealkylation sites (tertiary alicyclic amines) is 1. The number of nitrogens with zero attached hydrogens (tertiary/aromatic N) is 5. The molecule has 1 amide bonds. The van der Waals surface area contributed by atoms with E-state index < -0.39 is 0 Å². The van der Waals surface area contributed by atoms with Gasteiger partial charge in [-0.05, 0) is 50.4 Å². The summed E-state index contributed by atoms with van der Waals surface area (Å²) < 4.78 is 0. The lowest BCUT2D eigenvalue weighted by Crippen LogP contribution is -2.53. The third-order valence-electron chi connectivity index (χ3n) is 8.55. The van der Waals surface area contributed by atoms with Crippen LogP contribution in [0.25, 0.3) is 0 Å². The molecule has 0 aromatic carbocycles. The molecule has 0 radical (unpaired) electrons. The summed E-state index contributed by atoms with van der Waals surface area (Å²) >= 11 is 0. The van der Waals surface area contributed by atoms with Gasteiger partial charge < -0.3 is 9.80 Å². The summed E-state index contributed by atoms with van der Waals surface area (Å²) in [7, 11) is 0. The van der Waals surface area contributed by atoms with Crippen molar-refractivity contribution in [3.05, 3.63) is 18.2 Å². The summed E-state index contributed by atoms with van der Waals surface area (Å²) in [6.07, 6.45) is 12.9. The van der Waals surface area contributed by atoms with E-state index in [0.29, 0.717) is 17.2 Å². The smallest absolute Gasteiger partial charge is 0.225 e. The number of rotatable bonds is 5. The fourth-order valence-corrected chi connectivity index (χ4v) is 5.92. The first kappa shape index (κ1) is 23.5. The number of anilines is 1. The first-order valence-corrected chi connectivity index (χ1v) is 13.0. The van der Waals surface area contributed by atoms with Crippen LogP contribution in [0.1, 0.15) is 84.4 Å². The summed E-state index contributed by atoms with van der Waals surface area (Å²) in [5.41, 5.74) is 1.67. The molecule has 4 rings (SSSR count). The van der Waals surface area contributed by atoms with Gasteiger partial charge in [-0.3, -0.25) is 9.69 Å². The predicted molar refractivity (Wildman–Crippen MR) is 130 cm³/mol. The van der Waals surface area contributed by atoms with E-state index in [1.165, 1.54) is 44.2 Å². The fourth-order valence-electron chi connectivity index (χ4n) is 5.92. The van der Waals surface area contributed by atoms with Crippen molar-refractivity contribution in [2.75, 3.05) is 44.2 Å². The minimum atomic E-state index is 0.128. The zero-order valence-corrected chi connectivity index (χ0v) is 20.7. The Morgan fingerprint density at radius 3 is 2.09 bits per heavy atom.